The smallest absolute Gasteiger partial charge is 0.102 e. The first-order valence-corrected chi connectivity index (χ1v) is 11.7. The van der Waals surface area contributed by atoms with Gasteiger partial charge in [-0.2, -0.15) is 0 Å². The minimum Gasteiger partial charge on any atom is -0.363 e. The van der Waals surface area contributed by atoms with E-state index in [9.17, 15) is 0 Å². The van der Waals surface area contributed by atoms with Gasteiger partial charge in [0.25, 0.3) is 0 Å². The van der Waals surface area contributed by atoms with Crippen molar-refractivity contribution in [3.05, 3.63) is 97.1 Å². The summed E-state index contributed by atoms with van der Waals surface area (Å²) >= 11 is 0. The van der Waals surface area contributed by atoms with Crippen LogP contribution in [0.15, 0.2) is 107 Å². The minimum absolute atomic E-state index is 0.214. The molecule has 6 nitrogen and oxygen atoms in total. The van der Waals surface area contributed by atoms with E-state index in [0.29, 0.717) is 0 Å². The zero-order valence-electron chi connectivity index (χ0n) is 19.6. The Morgan fingerprint density at radius 2 is 1.20 bits per heavy atom. The first-order valence-electron chi connectivity index (χ1n) is 11.7. The lowest BCUT2D eigenvalue weighted by atomic mass is 10.00. The number of hydrogen-bond donors (Lipinski definition) is 4. The Hall–Kier alpha value is -4.58. The van der Waals surface area contributed by atoms with Gasteiger partial charge < -0.3 is 21.5 Å². The molecule has 1 aliphatic rings. The fourth-order valence-corrected chi connectivity index (χ4v) is 4.64. The van der Waals surface area contributed by atoms with E-state index in [1.807, 2.05) is 60.7 Å². The highest BCUT2D eigenvalue weighted by molar-refractivity contribution is 6.09. The molecule has 1 aliphatic heterocycles. The monoisotopic (exact) mass is 458 g/mol. The molecular weight excluding hydrogens is 432 g/mol. The number of azo groups is 1. The van der Waals surface area contributed by atoms with Crippen LogP contribution in [0.25, 0.3) is 21.5 Å². The predicted molar refractivity (Wildman–Crippen MR) is 147 cm³/mol. The molecule has 172 valence electrons. The fourth-order valence-electron chi connectivity index (χ4n) is 4.64. The summed E-state index contributed by atoms with van der Waals surface area (Å²) in [4.78, 5) is 0. The molecule has 0 saturated carbocycles. The third kappa shape index (κ3) is 3.99. The molecule has 4 N–H and O–H groups in total. The molecule has 0 unspecified atom stereocenters. The summed E-state index contributed by atoms with van der Waals surface area (Å²) in [5.41, 5.74) is 12.2. The maximum absolute atomic E-state index is 4.69. The van der Waals surface area contributed by atoms with E-state index in [1.54, 1.807) is 0 Å². The van der Waals surface area contributed by atoms with Crippen LogP contribution < -0.4 is 21.5 Å². The molecular formula is C29H26N6. The molecule has 0 bridgehead atoms. The number of nitrogens with zero attached hydrogens (tertiary/aromatic N) is 2. The largest absolute Gasteiger partial charge is 0.363 e. The summed E-state index contributed by atoms with van der Waals surface area (Å²) in [5, 5.41) is 20.8. The second-order valence-corrected chi connectivity index (χ2v) is 9.23. The number of benzene rings is 5. The van der Waals surface area contributed by atoms with Gasteiger partial charge in [0.2, 0.25) is 0 Å². The number of rotatable bonds is 5. The van der Waals surface area contributed by atoms with Crippen LogP contribution in [-0.2, 0) is 0 Å². The van der Waals surface area contributed by atoms with E-state index in [1.165, 1.54) is 0 Å². The van der Waals surface area contributed by atoms with Crippen LogP contribution in [0, 0.1) is 0 Å². The summed E-state index contributed by atoms with van der Waals surface area (Å²) in [7, 11) is 0. The third-order valence-corrected chi connectivity index (χ3v) is 6.19. The Morgan fingerprint density at radius 3 is 2.00 bits per heavy atom. The number of anilines is 4. The van der Waals surface area contributed by atoms with Gasteiger partial charge in [0.1, 0.15) is 5.66 Å². The summed E-state index contributed by atoms with van der Waals surface area (Å²) in [5.74, 6) is 0. The van der Waals surface area contributed by atoms with Crippen molar-refractivity contribution in [3.63, 3.8) is 0 Å². The van der Waals surface area contributed by atoms with Crippen molar-refractivity contribution in [2.75, 3.05) is 21.5 Å². The van der Waals surface area contributed by atoms with Crippen molar-refractivity contribution in [1.29, 1.82) is 0 Å². The van der Waals surface area contributed by atoms with E-state index >= 15 is 0 Å². The Labute approximate surface area is 204 Å². The Balaban J connectivity index is 1.35. The molecule has 6 heteroatoms. The van der Waals surface area contributed by atoms with Crippen molar-refractivity contribution < 1.29 is 0 Å². The average Bonchev–Trinajstić information content (AvgIpc) is 2.87. The van der Waals surface area contributed by atoms with Gasteiger partial charge in [0, 0.05) is 32.9 Å². The molecule has 35 heavy (non-hydrogen) atoms. The van der Waals surface area contributed by atoms with Gasteiger partial charge in [0.05, 0.1) is 22.7 Å². The van der Waals surface area contributed by atoms with Crippen molar-refractivity contribution in [2.24, 2.45) is 10.2 Å². The highest BCUT2D eigenvalue weighted by atomic mass is 15.4. The van der Waals surface area contributed by atoms with Crippen LogP contribution >= 0.6 is 0 Å². The molecule has 1 heterocycles. The standard InChI is InChI=1S/C29H26N6/c1-29(2)30-26-14-8-13-22-25(17-18-27(31-29)28(22)26)35-34-24-16-15-23(20-11-6-7-12-21(20)24)33-32-19-9-4-3-5-10-19/h3-18,30-33H,1-2H3/b35-34+. The van der Waals surface area contributed by atoms with Crippen LogP contribution in [0.2, 0.25) is 0 Å². The third-order valence-electron chi connectivity index (χ3n) is 6.19. The van der Waals surface area contributed by atoms with Crippen molar-refractivity contribution in [2.45, 2.75) is 19.5 Å². The Bertz CT molecular complexity index is 1560. The highest BCUT2D eigenvalue weighted by Gasteiger charge is 2.25. The van der Waals surface area contributed by atoms with E-state index in [2.05, 4.69) is 82.0 Å². The molecule has 0 saturated heterocycles. The highest BCUT2D eigenvalue weighted by Crippen LogP contribution is 2.42. The fraction of sp³-hybridized carbons (Fsp3) is 0.103. The zero-order chi connectivity index (χ0) is 23.8. The van der Waals surface area contributed by atoms with Crippen LogP contribution in [0.5, 0.6) is 0 Å². The number of hydrogen-bond acceptors (Lipinski definition) is 6. The van der Waals surface area contributed by atoms with Crippen LogP contribution in [0.1, 0.15) is 13.8 Å². The van der Waals surface area contributed by atoms with E-state index in [-0.39, 0.29) is 5.66 Å². The van der Waals surface area contributed by atoms with Crippen LogP contribution in [0.4, 0.5) is 34.1 Å². The van der Waals surface area contributed by atoms with Gasteiger partial charge in [-0.25, -0.2) is 0 Å². The number of hydrazine groups is 1. The van der Waals surface area contributed by atoms with Gasteiger partial charge in [-0.05, 0) is 56.3 Å². The summed E-state index contributed by atoms with van der Waals surface area (Å²) in [6.45, 7) is 4.25. The molecule has 5 aromatic carbocycles. The Kier molecular flexibility index (Phi) is 4.99. The number of para-hydroxylation sites is 1. The van der Waals surface area contributed by atoms with E-state index in [0.717, 1.165) is 55.7 Å². The lowest BCUT2D eigenvalue weighted by molar-refractivity contribution is 0.649. The van der Waals surface area contributed by atoms with Crippen molar-refractivity contribution in [3.8, 4) is 0 Å². The molecule has 5 aromatic rings. The first-order chi connectivity index (χ1) is 17.1. The zero-order valence-corrected chi connectivity index (χ0v) is 19.6. The molecule has 0 spiro atoms. The normalized spacial score (nSPS) is 14.0. The lowest BCUT2D eigenvalue weighted by Crippen LogP contribution is -2.41. The number of fused-ring (bicyclic) bond motifs is 1. The van der Waals surface area contributed by atoms with Gasteiger partial charge in [-0.15, -0.1) is 10.2 Å². The van der Waals surface area contributed by atoms with Crippen LogP contribution in [-0.4, -0.2) is 5.66 Å². The second kappa shape index (κ2) is 8.33. The SMILES string of the molecule is CC1(C)Nc2cccc3c(/N=N/c4ccc(NNc5ccccc5)c5ccccc45)ccc(c23)N1. The van der Waals surface area contributed by atoms with Crippen LogP contribution in [0.3, 0.4) is 0 Å². The maximum atomic E-state index is 4.69. The maximum Gasteiger partial charge on any atom is 0.102 e. The van der Waals surface area contributed by atoms with E-state index < -0.39 is 0 Å². The van der Waals surface area contributed by atoms with E-state index in [4.69, 9.17) is 0 Å². The summed E-state index contributed by atoms with van der Waals surface area (Å²) in [6.07, 6.45) is 0. The summed E-state index contributed by atoms with van der Waals surface area (Å²) in [6, 6.07) is 32.7. The molecule has 0 aromatic heterocycles. The number of nitrogens with one attached hydrogen (secondary N) is 4. The molecule has 0 amide bonds. The molecule has 6 rings (SSSR count). The molecule has 0 aliphatic carbocycles. The average molecular weight is 459 g/mol. The van der Waals surface area contributed by atoms with Gasteiger partial charge >= 0.3 is 0 Å². The quantitative estimate of drug-likeness (QED) is 0.158. The minimum atomic E-state index is -0.214. The summed E-state index contributed by atoms with van der Waals surface area (Å²) < 4.78 is 0. The van der Waals surface area contributed by atoms with Crippen molar-refractivity contribution in [1.82, 2.24) is 0 Å². The van der Waals surface area contributed by atoms with Gasteiger partial charge in [-0.3, -0.25) is 0 Å². The Morgan fingerprint density at radius 1 is 0.571 bits per heavy atom. The predicted octanol–water partition coefficient (Wildman–Crippen LogP) is 8.42. The molecule has 0 fully saturated rings. The molecule has 0 atom stereocenters. The lowest BCUT2D eigenvalue weighted by Gasteiger charge is -2.36. The second-order valence-electron chi connectivity index (χ2n) is 9.23. The first kappa shape index (κ1) is 21.0. The molecule has 0 radical (unpaired) electrons. The van der Waals surface area contributed by atoms with Gasteiger partial charge in [0.15, 0.2) is 0 Å². The van der Waals surface area contributed by atoms with Gasteiger partial charge in [-0.1, -0.05) is 54.6 Å². The topological polar surface area (TPSA) is 72.8 Å². The van der Waals surface area contributed by atoms with Crippen molar-refractivity contribution >= 4 is 55.7 Å².